The zero-order valence-corrected chi connectivity index (χ0v) is 37.8. The van der Waals surface area contributed by atoms with Gasteiger partial charge in [0.1, 0.15) is 40.5 Å². The highest BCUT2D eigenvalue weighted by atomic mass is 16.6. The summed E-state index contributed by atoms with van der Waals surface area (Å²) in [7, 11) is 1.22. The number of esters is 1. The Morgan fingerprint density at radius 1 is 0.689 bits per heavy atom. The molecule has 6 amide bonds. The van der Waals surface area contributed by atoms with E-state index < -0.39 is 82.4 Å². The third kappa shape index (κ3) is 18.6. The fraction of sp³-hybridized carbons (Fsp3) is 0.705. The van der Waals surface area contributed by atoms with Gasteiger partial charge in [0.05, 0.1) is 7.11 Å². The SMILES string of the molecule is COC(=O)C1(NC(=O)OC(C)(C)C)CCN(C(=O)C(CCCCNC(=O)OC(C)(C)C)NC(=O)C(CCC2CC2)NC(=O)C(Cc2ccccc2)NC(=O)OC(C)(C)C)CC1. The molecular formula is C44H70N6O11. The van der Waals surface area contributed by atoms with Crippen LogP contribution in [0, 0.1) is 5.92 Å². The molecule has 1 heterocycles. The van der Waals surface area contributed by atoms with E-state index in [2.05, 4.69) is 26.6 Å². The summed E-state index contributed by atoms with van der Waals surface area (Å²) in [6.07, 6.45) is 2.11. The zero-order chi connectivity index (χ0) is 45.6. The second kappa shape index (κ2) is 22.1. The summed E-state index contributed by atoms with van der Waals surface area (Å²) >= 11 is 0. The maximum atomic E-state index is 14.3. The van der Waals surface area contributed by atoms with Gasteiger partial charge in [0, 0.05) is 26.1 Å². The number of carbonyl (C=O) groups excluding carboxylic acids is 7. The van der Waals surface area contributed by atoms with E-state index in [1.54, 1.807) is 62.3 Å². The Labute approximate surface area is 360 Å². The molecule has 17 nitrogen and oxygen atoms in total. The van der Waals surface area contributed by atoms with Crippen molar-refractivity contribution < 1.29 is 52.5 Å². The first kappa shape index (κ1) is 50.3. The molecule has 1 aromatic carbocycles. The molecule has 3 rings (SSSR count). The number of alkyl carbamates (subject to hydrolysis) is 3. The largest absolute Gasteiger partial charge is 0.467 e. The van der Waals surface area contributed by atoms with Crippen molar-refractivity contribution in [2.45, 2.75) is 167 Å². The minimum Gasteiger partial charge on any atom is -0.467 e. The number of piperidine rings is 1. The summed E-state index contributed by atoms with van der Waals surface area (Å²) < 4.78 is 21.3. The van der Waals surface area contributed by atoms with Crippen LogP contribution in [0.1, 0.15) is 126 Å². The predicted octanol–water partition coefficient (Wildman–Crippen LogP) is 5.04. The number of rotatable bonds is 18. The Hall–Kier alpha value is -5.09. The monoisotopic (exact) mass is 859 g/mol. The van der Waals surface area contributed by atoms with E-state index in [1.807, 2.05) is 30.3 Å². The van der Waals surface area contributed by atoms with Crippen LogP contribution in [0.5, 0.6) is 0 Å². The molecule has 1 aromatic rings. The van der Waals surface area contributed by atoms with Crippen LogP contribution in [0.4, 0.5) is 14.4 Å². The third-order valence-electron chi connectivity index (χ3n) is 9.93. The lowest BCUT2D eigenvalue weighted by molar-refractivity contribution is -0.153. The molecule has 2 aliphatic rings. The molecule has 2 fully saturated rings. The van der Waals surface area contributed by atoms with Crippen molar-refractivity contribution in [3.8, 4) is 0 Å². The van der Waals surface area contributed by atoms with Crippen LogP contribution in [0.15, 0.2) is 30.3 Å². The Morgan fingerprint density at radius 3 is 1.79 bits per heavy atom. The number of hydrogen-bond acceptors (Lipinski definition) is 11. The van der Waals surface area contributed by atoms with Gasteiger partial charge in [-0.3, -0.25) is 14.4 Å². The van der Waals surface area contributed by atoms with Crippen LogP contribution in [-0.4, -0.2) is 114 Å². The number of nitrogens with one attached hydrogen (secondary N) is 5. The zero-order valence-electron chi connectivity index (χ0n) is 37.8. The van der Waals surface area contributed by atoms with Crippen LogP contribution < -0.4 is 26.6 Å². The molecule has 1 aliphatic carbocycles. The summed E-state index contributed by atoms with van der Waals surface area (Å²) in [5.74, 6) is -1.82. The average molecular weight is 859 g/mol. The molecule has 3 atom stereocenters. The maximum absolute atomic E-state index is 14.3. The lowest BCUT2D eigenvalue weighted by atomic mass is 9.87. The predicted molar refractivity (Wildman–Crippen MR) is 227 cm³/mol. The normalized spacial score (nSPS) is 16.7. The molecule has 0 radical (unpaired) electrons. The van der Waals surface area contributed by atoms with Crippen LogP contribution >= 0.6 is 0 Å². The molecule has 0 spiro atoms. The second-order valence-electron chi connectivity index (χ2n) is 19.0. The topological polar surface area (TPSA) is 220 Å². The Balaban J connectivity index is 1.83. The van der Waals surface area contributed by atoms with Crippen molar-refractivity contribution in [2.75, 3.05) is 26.7 Å². The van der Waals surface area contributed by atoms with E-state index in [1.165, 1.54) is 12.0 Å². The molecule has 1 saturated carbocycles. The summed E-state index contributed by atoms with van der Waals surface area (Å²) in [5.41, 5.74) is -2.97. The van der Waals surface area contributed by atoms with Gasteiger partial charge >= 0.3 is 24.2 Å². The van der Waals surface area contributed by atoms with Crippen LogP contribution in [0.25, 0.3) is 0 Å². The van der Waals surface area contributed by atoms with Gasteiger partial charge in [-0.1, -0.05) is 43.2 Å². The van der Waals surface area contributed by atoms with Gasteiger partial charge in [-0.25, -0.2) is 19.2 Å². The number of likely N-dealkylation sites (tertiary alicyclic amines) is 1. The van der Waals surface area contributed by atoms with Gasteiger partial charge in [0.2, 0.25) is 17.7 Å². The highest BCUT2D eigenvalue weighted by molar-refractivity contribution is 5.94. The fourth-order valence-corrected chi connectivity index (χ4v) is 6.77. The van der Waals surface area contributed by atoms with Gasteiger partial charge in [0.15, 0.2) is 0 Å². The number of methoxy groups -OCH3 is 1. The molecular weight excluding hydrogens is 789 g/mol. The van der Waals surface area contributed by atoms with Gasteiger partial charge in [0.25, 0.3) is 0 Å². The summed E-state index contributed by atoms with van der Waals surface area (Å²) in [6.45, 7) is 15.9. The van der Waals surface area contributed by atoms with E-state index in [-0.39, 0.29) is 45.3 Å². The summed E-state index contributed by atoms with van der Waals surface area (Å²) in [4.78, 5) is 95.2. The minimum atomic E-state index is -1.44. The number of ether oxygens (including phenoxy) is 4. The molecule has 1 saturated heterocycles. The molecule has 0 aromatic heterocycles. The Kier molecular flexibility index (Phi) is 18.2. The lowest BCUT2D eigenvalue weighted by Gasteiger charge is -2.41. The fourth-order valence-electron chi connectivity index (χ4n) is 6.77. The molecule has 1 aliphatic heterocycles. The molecule has 0 bridgehead atoms. The van der Waals surface area contributed by atoms with E-state index in [9.17, 15) is 33.6 Å². The third-order valence-corrected chi connectivity index (χ3v) is 9.93. The van der Waals surface area contributed by atoms with Crippen molar-refractivity contribution >= 4 is 42.0 Å². The minimum absolute atomic E-state index is 0.0264. The number of benzene rings is 1. The van der Waals surface area contributed by atoms with Crippen molar-refractivity contribution in [3.05, 3.63) is 35.9 Å². The first-order chi connectivity index (χ1) is 28.4. The highest BCUT2D eigenvalue weighted by Crippen LogP contribution is 2.34. The second-order valence-corrected chi connectivity index (χ2v) is 19.0. The number of hydrogen-bond donors (Lipinski definition) is 5. The first-order valence-electron chi connectivity index (χ1n) is 21.4. The highest BCUT2D eigenvalue weighted by Gasteiger charge is 2.46. The molecule has 3 unspecified atom stereocenters. The molecule has 17 heteroatoms. The lowest BCUT2D eigenvalue weighted by Crippen LogP contribution is -2.63. The number of carbonyl (C=O) groups is 7. The smallest absolute Gasteiger partial charge is 0.408 e. The molecule has 342 valence electrons. The average Bonchev–Trinajstić information content (AvgIpc) is 3.98. The molecule has 61 heavy (non-hydrogen) atoms. The van der Waals surface area contributed by atoms with Gasteiger partial charge in [-0.05, 0) is 119 Å². The quantitative estimate of drug-likeness (QED) is 0.0749. The van der Waals surface area contributed by atoms with E-state index in [0.29, 0.717) is 31.6 Å². The maximum Gasteiger partial charge on any atom is 0.408 e. The number of amides is 6. The van der Waals surface area contributed by atoms with Crippen LogP contribution in [0.2, 0.25) is 0 Å². The molecule has 5 N–H and O–H groups in total. The summed E-state index contributed by atoms with van der Waals surface area (Å²) in [6, 6.07) is 5.98. The van der Waals surface area contributed by atoms with Gasteiger partial charge in [-0.15, -0.1) is 0 Å². The standard InChI is InChI=1S/C44H70N6O11/c1-41(2,3)59-38(55)45-25-15-14-18-32(36(53)50-26-23-44(24-27-50,37(54)58-10)49-40(57)61-43(7,8)9)47-34(51)31(22-21-29-19-20-29)46-35(52)33(28-30-16-12-11-13-17-30)48-39(56)60-42(4,5)6/h11-13,16-17,29,31-33H,14-15,18-28H2,1-10H3,(H,45,55)(H,46,52)(H,47,51)(H,48,56)(H,49,57). The first-order valence-corrected chi connectivity index (χ1v) is 21.4. The van der Waals surface area contributed by atoms with Crippen molar-refractivity contribution in [3.63, 3.8) is 0 Å². The van der Waals surface area contributed by atoms with Gasteiger partial charge < -0.3 is 50.4 Å². The summed E-state index contributed by atoms with van der Waals surface area (Å²) in [5, 5.41) is 13.9. The van der Waals surface area contributed by atoms with E-state index in [4.69, 9.17) is 18.9 Å². The van der Waals surface area contributed by atoms with E-state index in [0.717, 1.165) is 18.4 Å². The Morgan fingerprint density at radius 2 is 1.23 bits per heavy atom. The Bertz CT molecular complexity index is 1660. The van der Waals surface area contributed by atoms with Crippen LogP contribution in [0.3, 0.4) is 0 Å². The van der Waals surface area contributed by atoms with E-state index >= 15 is 0 Å². The van der Waals surface area contributed by atoms with Crippen molar-refractivity contribution in [1.29, 1.82) is 0 Å². The van der Waals surface area contributed by atoms with Crippen LogP contribution in [-0.2, 0) is 44.5 Å². The van der Waals surface area contributed by atoms with Gasteiger partial charge in [-0.2, -0.15) is 0 Å². The number of nitrogens with zero attached hydrogens (tertiary/aromatic N) is 1. The van der Waals surface area contributed by atoms with Crippen molar-refractivity contribution in [2.24, 2.45) is 5.92 Å². The van der Waals surface area contributed by atoms with Crippen molar-refractivity contribution in [1.82, 2.24) is 31.5 Å². The number of unbranched alkanes of at least 4 members (excludes halogenated alkanes) is 1.